The zero-order chi connectivity index (χ0) is 12.5. The lowest BCUT2D eigenvalue weighted by molar-refractivity contribution is 1.52. The third-order valence-corrected chi connectivity index (χ3v) is 4.38. The zero-order valence-corrected chi connectivity index (χ0v) is 11.8. The van der Waals surface area contributed by atoms with E-state index in [1.807, 2.05) is 12.1 Å². The van der Waals surface area contributed by atoms with Crippen LogP contribution in [0.1, 0.15) is 5.56 Å². The summed E-state index contributed by atoms with van der Waals surface area (Å²) in [5.41, 5.74) is 1.17. The predicted octanol–water partition coefficient (Wildman–Crippen LogP) is 4.13. The molecule has 1 aliphatic rings. The molecule has 0 bridgehead atoms. The lowest BCUT2D eigenvalue weighted by atomic mass is 10.0. The van der Waals surface area contributed by atoms with Gasteiger partial charge in [-0.05, 0) is 22.4 Å². The highest BCUT2D eigenvalue weighted by atomic mass is 32.2. The van der Waals surface area contributed by atoms with Gasteiger partial charge in [-0.2, -0.15) is 0 Å². The van der Waals surface area contributed by atoms with E-state index in [-0.39, 0.29) is 0 Å². The van der Waals surface area contributed by atoms with Gasteiger partial charge in [-0.15, -0.1) is 0 Å². The van der Waals surface area contributed by atoms with Gasteiger partial charge in [-0.25, -0.2) is 0 Å². The van der Waals surface area contributed by atoms with Crippen molar-refractivity contribution < 1.29 is 0 Å². The Bertz CT molecular complexity index is 683. The van der Waals surface area contributed by atoms with E-state index >= 15 is 0 Å². The van der Waals surface area contributed by atoms with E-state index in [0.29, 0.717) is 0 Å². The van der Waals surface area contributed by atoms with Crippen molar-refractivity contribution in [2.75, 3.05) is 0 Å². The van der Waals surface area contributed by atoms with E-state index in [0.717, 1.165) is 14.2 Å². The Kier molecular flexibility index (Phi) is 3.16. The molecule has 2 aromatic carbocycles. The molecule has 2 aromatic rings. The number of hydrogen-bond donors (Lipinski definition) is 1. The van der Waals surface area contributed by atoms with Gasteiger partial charge < -0.3 is 5.32 Å². The van der Waals surface area contributed by atoms with Crippen LogP contribution in [0.15, 0.2) is 47.4 Å². The third-order valence-electron chi connectivity index (χ3n) is 2.75. The quantitative estimate of drug-likeness (QED) is 0.625. The Hall–Kier alpha value is -1.23. The van der Waals surface area contributed by atoms with E-state index in [1.165, 1.54) is 28.1 Å². The monoisotopic (exact) mass is 287 g/mol. The molecule has 3 rings (SSSR count). The molecule has 0 radical (unpaired) electrons. The van der Waals surface area contributed by atoms with Gasteiger partial charge in [-0.1, -0.05) is 78.7 Å². The fourth-order valence-electron chi connectivity index (χ4n) is 1.94. The maximum atomic E-state index is 5.25. The molecule has 1 heterocycles. The molecule has 1 nitrogen and oxygen atoms in total. The second kappa shape index (κ2) is 4.80. The number of benzene rings is 2. The van der Waals surface area contributed by atoms with Crippen molar-refractivity contribution in [2.24, 2.45) is 0 Å². The first-order valence-electron chi connectivity index (χ1n) is 5.47. The largest absolute Gasteiger partial charge is 0.331 e. The van der Waals surface area contributed by atoms with Gasteiger partial charge in [0, 0.05) is 4.91 Å². The number of fused-ring (bicyclic) bond motifs is 1. The molecule has 0 aliphatic carbocycles. The molecule has 1 fully saturated rings. The number of nitrogens with one attached hydrogen (secondary N) is 1. The smallest absolute Gasteiger partial charge is 0.143 e. The number of thioether (sulfide) groups is 1. The van der Waals surface area contributed by atoms with Crippen molar-refractivity contribution in [1.82, 2.24) is 5.32 Å². The van der Waals surface area contributed by atoms with Crippen LogP contribution in [0.5, 0.6) is 0 Å². The van der Waals surface area contributed by atoms with E-state index in [4.69, 9.17) is 24.4 Å². The van der Waals surface area contributed by atoms with Gasteiger partial charge in [0.25, 0.3) is 0 Å². The van der Waals surface area contributed by atoms with Crippen LogP contribution in [0.25, 0.3) is 16.8 Å². The van der Waals surface area contributed by atoms with E-state index in [1.54, 1.807) is 0 Å². The molecule has 0 spiro atoms. The van der Waals surface area contributed by atoms with Crippen LogP contribution < -0.4 is 5.32 Å². The Labute approximate surface area is 120 Å². The molecule has 0 saturated carbocycles. The first-order chi connectivity index (χ1) is 8.74. The van der Waals surface area contributed by atoms with Crippen LogP contribution in [0, 0.1) is 0 Å². The van der Waals surface area contributed by atoms with Gasteiger partial charge in [0.05, 0.1) is 0 Å². The topological polar surface area (TPSA) is 12.0 Å². The van der Waals surface area contributed by atoms with Crippen LogP contribution >= 0.6 is 36.2 Å². The van der Waals surface area contributed by atoms with Crippen molar-refractivity contribution in [3.63, 3.8) is 0 Å². The summed E-state index contributed by atoms with van der Waals surface area (Å²) in [5, 5.41) is 5.46. The summed E-state index contributed by atoms with van der Waals surface area (Å²) in [5.74, 6) is 0. The lowest BCUT2D eigenvalue weighted by Crippen LogP contribution is -2.15. The summed E-state index contributed by atoms with van der Waals surface area (Å²) in [4.78, 5) is 1.74. The van der Waals surface area contributed by atoms with Crippen LogP contribution in [-0.4, -0.2) is 9.31 Å². The van der Waals surface area contributed by atoms with Crippen LogP contribution in [0.3, 0.4) is 0 Å². The highest BCUT2D eigenvalue weighted by molar-refractivity contribution is 8.27. The SMILES string of the molecule is S=C1NC(=S)/C(=C/c2cccc3ccccc23)S1. The standard InChI is InChI=1S/C14H9NS3/c16-13-12(18-14(17)15-13)8-10-6-3-5-9-4-1-2-7-11(9)10/h1-8H,(H,15,16,17)/b12-8-. The highest BCUT2D eigenvalue weighted by Crippen LogP contribution is 2.29. The minimum absolute atomic E-state index is 0.720. The van der Waals surface area contributed by atoms with Crippen molar-refractivity contribution in [3.05, 3.63) is 52.9 Å². The first kappa shape index (κ1) is 11.8. The third kappa shape index (κ3) is 2.19. The molecule has 18 heavy (non-hydrogen) atoms. The van der Waals surface area contributed by atoms with Crippen LogP contribution in [0.2, 0.25) is 0 Å². The first-order valence-corrected chi connectivity index (χ1v) is 7.10. The van der Waals surface area contributed by atoms with Gasteiger partial charge in [-0.3, -0.25) is 0 Å². The van der Waals surface area contributed by atoms with Crippen molar-refractivity contribution in [2.45, 2.75) is 0 Å². The maximum Gasteiger partial charge on any atom is 0.143 e. The molecule has 1 aliphatic heterocycles. The minimum Gasteiger partial charge on any atom is -0.331 e. The molecule has 1 saturated heterocycles. The lowest BCUT2D eigenvalue weighted by Gasteiger charge is -2.02. The summed E-state index contributed by atoms with van der Waals surface area (Å²) in [6.45, 7) is 0. The normalized spacial score (nSPS) is 17.4. The molecule has 0 atom stereocenters. The Balaban J connectivity index is 2.13. The average Bonchev–Trinajstić information content (AvgIpc) is 2.68. The summed E-state index contributed by atoms with van der Waals surface area (Å²) in [6, 6.07) is 14.6. The van der Waals surface area contributed by atoms with Crippen molar-refractivity contribution >= 4 is 62.4 Å². The van der Waals surface area contributed by atoms with Gasteiger partial charge in [0.2, 0.25) is 0 Å². The van der Waals surface area contributed by atoms with Crippen LogP contribution in [-0.2, 0) is 0 Å². The molecule has 1 N–H and O–H groups in total. The fraction of sp³-hybridized carbons (Fsp3) is 0. The molecule has 0 amide bonds. The van der Waals surface area contributed by atoms with Crippen molar-refractivity contribution in [1.29, 1.82) is 0 Å². The summed E-state index contributed by atoms with van der Waals surface area (Å²) < 4.78 is 0.728. The molecule has 0 aromatic heterocycles. The van der Waals surface area contributed by atoms with Crippen LogP contribution in [0.4, 0.5) is 0 Å². The molecule has 0 unspecified atom stereocenters. The highest BCUT2D eigenvalue weighted by Gasteiger charge is 2.18. The second-order valence-corrected chi connectivity index (χ2v) is 6.05. The Morgan fingerprint density at radius 2 is 1.78 bits per heavy atom. The van der Waals surface area contributed by atoms with E-state index in [2.05, 4.69) is 41.7 Å². The average molecular weight is 287 g/mol. The summed E-state index contributed by atoms with van der Waals surface area (Å²) in [6.07, 6.45) is 2.10. The minimum atomic E-state index is 0.720. The van der Waals surface area contributed by atoms with Gasteiger partial charge in [0.1, 0.15) is 9.31 Å². The Morgan fingerprint density at radius 3 is 2.56 bits per heavy atom. The Morgan fingerprint density at radius 1 is 1.00 bits per heavy atom. The predicted molar refractivity (Wildman–Crippen MR) is 87.8 cm³/mol. The second-order valence-electron chi connectivity index (χ2n) is 3.92. The zero-order valence-electron chi connectivity index (χ0n) is 9.34. The number of hydrogen-bond acceptors (Lipinski definition) is 3. The van der Waals surface area contributed by atoms with Gasteiger partial charge in [0.15, 0.2) is 0 Å². The van der Waals surface area contributed by atoms with E-state index in [9.17, 15) is 0 Å². The number of thiocarbonyl (C=S) groups is 2. The number of rotatable bonds is 1. The van der Waals surface area contributed by atoms with Crippen molar-refractivity contribution in [3.8, 4) is 0 Å². The van der Waals surface area contributed by atoms with E-state index < -0.39 is 0 Å². The molecule has 4 heteroatoms. The van der Waals surface area contributed by atoms with Gasteiger partial charge >= 0.3 is 0 Å². The summed E-state index contributed by atoms with van der Waals surface area (Å²) in [7, 11) is 0. The fourth-order valence-corrected chi connectivity index (χ4v) is 3.41. The molecular formula is C14H9NS3. The molecular weight excluding hydrogens is 278 g/mol. The molecule has 88 valence electrons. The maximum absolute atomic E-state index is 5.25. The summed E-state index contributed by atoms with van der Waals surface area (Å²) >= 11 is 11.9.